The Bertz CT molecular complexity index is 377. The van der Waals surface area contributed by atoms with Crippen molar-refractivity contribution in [3.05, 3.63) is 35.9 Å². The molecular formula is C13H21O3P. The van der Waals surface area contributed by atoms with E-state index in [1.165, 1.54) is 0 Å². The molecule has 0 bridgehead atoms. The van der Waals surface area contributed by atoms with E-state index in [4.69, 9.17) is 9.05 Å². The number of rotatable bonds is 6. The molecule has 0 N–H and O–H groups in total. The monoisotopic (exact) mass is 256 g/mol. The maximum atomic E-state index is 12.8. The Labute approximate surface area is 104 Å². The molecule has 0 aliphatic heterocycles. The zero-order valence-electron chi connectivity index (χ0n) is 11.0. The molecule has 4 heteroatoms. The summed E-state index contributed by atoms with van der Waals surface area (Å²) in [6, 6.07) is 9.69. The van der Waals surface area contributed by atoms with Crippen molar-refractivity contribution in [2.45, 2.75) is 32.9 Å². The Balaban J connectivity index is 3.13. The number of hydrogen-bond acceptors (Lipinski definition) is 3. The Morgan fingerprint density at radius 3 is 1.94 bits per heavy atom. The van der Waals surface area contributed by atoms with Crippen molar-refractivity contribution in [3.63, 3.8) is 0 Å². The van der Waals surface area contributed by atoms with Crippen LogP contribution in [0.1, 0.15) is 33.3 Å². The second-order valence-corrected chi connectivity index (χ2v) is 6.89. The molecule has 0 atom stereocenters. The van der Waals surface area contributed by atoms with Gasteiger partial charge in [0.25, 0.3) is 0 Å². The zero-order valence-corrected chi connectivity index (χ0v) is 11.9. The van der Waals surface area contributed by atoms with Gasteiger partial charge in [0, 0.05) is 0 Å². The summed E-state index contributed by atoms with van der Waals surface area (Å²) in [4.78, 5) is 0. The summed E-state index contributed by atoms with van der Waals surface area (Å²) in [6.45, 7) is 8.21. The molecule has 0 unspecified atom stereocenters. The standard InChI is InChI=1S/C13H21O3P/c1-5-15-17(14,16-6-2)13(3,4)12-10-8-7-9-11-12/h7-11H,5-6H2,1-4H3. The first-order valence-electron chi connectivity index (χ1n) is 5.92. The van der Waals surface area contributed by atoms with Gasteiger partial charge in [-0.1, -0.05) is 30.3 Å². The first-order valence-corrected chi connectivity index (χ1v) is 7.47. The fraction of sp³-hybridized carbons (Fsp3) is 0.538. The van der Waals surface area contributed by atoms with Crippen LogP contribution in [0, 0.1) is 0 Å². The molecule has 0 saturated heterocycles. The predicted molar refractivity (Wildman–Crippen MR) is 70.3 cm³/mol. The Kier molecular flexibility index (Phi) is 4.93. The fourth-order valence-electron chi connectivity index (χ4n) is 1.70. The van der Waals surface area contributed by atoms with E-state index in [1.807, 2.05) is 58.0 Å². The fourth-order valence-corrected chi connectivity index (χ4v) is 3.57. The lowest BCUT2D eigenvalue weighted by Gasteiger charge is -2.33. The molecule has 1 aromatic rings. The molecule has 17 heavy (non-hydrogen) atoms. The van der Waals surface area contributed by atoms with Gasteiger partial charge in [0.15, 0.2) is 0 Å². The van der Waals surface area contributed by atoms with Gasteiger partial charge >= 0.3 is 7.60 Å². The van der Waals surface area contributed by atoms with Crippen LogP contribution in [-0.2, 0) is 18.8 Å². The van der Waals surface area contributed by atoms with Crippen LogP contribution in [0.2, 0.25) is 0 Å². The quantitative estimate of drug-likeness (QED) is 0.716. The van der Waals surface area contributed by atoms with Crippen molar-refractivity contribution in [2.75, 3.05) is 13.2 Å². The average molecular weight is 256 g/mol. The maximum Gasteiger partial charge on any atom is 0.340 e. The molecule has 1 rings (SSSR count). The third kappa shape index (κ3) is 2.98. The van der Waals surface area contributed by atoms with E-state index in [0.717, 1.165) is 5.56 Å². The second kappa shape index (κ2) is 5.81. The third-order valence-electron chi connectivity index (χ3n) is 2.76. The van der Waals surface area contributed by atoms with Crippen LogP contribution in [0.25, 0.3) is 0 Å². The van der Waals surface area contributed by atoms with E-state index in [9.17, 15) is 4.57 Å². The van der Waals surface area contributed by atoms with E-state index < -0.39 is 12.8 Å². The highest BCUT2D eigenvalue weighted by Crippen LogP contribution is 2.64. The maximum absolute atomic E-state index is 12.8. The molecule has 0 heterocycles. The van der Waals surface area contributed by atoms with Crippen molar-refractivity contribution < 1.29 is 13.6 Å². The van der Waals surface area contributed by atoms with E-state index in [2.05, 4.69) is 0 Å². The van der Waals surface area contributed by atoms with Gasteiger partial charge in [-0.3, -0.25) is 4.57 Å². The van der Waals surface area contributed by atoms with Gasteiger partial charge in [0.2, 0.25) is 0 Å². The van der Waals surface area contributed by atoms with Gasteiger partial charge in [0.1, 0.15) is 0 Å². The summed E-state index contributed by atoms with van der Waals surface area (Å²) >= 11 is 0. The van der Waals surface area contributed by atoms with Crippen molar-refractivity contribution >= 4 is 7.60 Å². The minimum absolute atomic E-state index is 0.382. The van der Waals surface area contributed by atoms with Crippen LogP contribution in [0.15, 0.2) is 30.3 Å². The van der Waals surface area contributed by atoms with Gasteiger partial charge in [0.05, 0.1) is 18.4 Å². The Morgan fingerprint density at radius 1 is 1.06 bits per heavy atom. The second-order valence-electron chi connectivity index (χ2n) is 4.26. The van der Waals surface area contributed by atoms with Crippen LogP contribution in [0.3, 0.4) is 0 Å². The highest BCUT2D eigenvalue weighted by molar-refractivity contribution is 7.55. The number of hydrogen-bond donors (Lipinski definition) is 0. The highest BCUT2D eigenvalue weighted by Gasteiger charge is 2.44. The van der Waals surface area contributed by atoms with Crippen molar-refractivity contribution in [2.24, 2.45) is 0 Å². The smallest absolute Gasteiger partial charge is 0.308 e. The normalized spacial score (nSPS) is 12.7. The Morgan fingerprint density at radius 2 is 1.53 bits per heavy atom. The van der Waals surface area contributed by atoms with Crippen molar-refractivity contribution in [1.82, 2.24) is 0 Å². The lowest BCUT2D eigenvalue weighted by Crippen LogP contribution is -2.21. The molecule has 0 aromatic heterocycles. The molecule has 0 amide bonds. The predicted octanol–water partition coefficient (Wildman–Crippen LogP) is 4.19. The zero-order chi connectivity index (χ0) is 12.9. The summed E-state index contributed by atoms with van der Waals surface area (Å²) in [6.07, 6.45) is 0. The van der Waals surface area contributed by atoms with Crippen LogP contribution in [0.4, 0.5) is 0 Å². The third-order valence-corrected chi connectivity index (χ3v) is 5.59. The molecule has 0 radical (unpaired) electrons. The topological polar surface area (TPSA) is 35.5 Å². The van der Waals surface area contributed by atoms with Crippen LogP contribution >= 0.6 is 7.60 Å². The molecular weight excluding hydrogens is 235 g/mol. The lowest BCUT2D eigenvalue weighted by atomic mass is 10.0. The van der Waals surface area contributed by atoms with Gasteiger partial charge in [-0.2, -0.15) is 0 Å². The van der Waals surface area contributed by atoms with Gasteiger partial charge in [-0.25, -0.2) is 0 Å². The molecule has 0 fully saturated rings. The van der Waals surface area contributed by atoms with Crippen molar-refractivity contribution in [3.8, 4) is 0 Å². The summed E-state index contributed by atoms with van der Waals surface area (Å²) in [5.74, 6) is 0. The molecule has 0 saturated carbocycles. The van der Waals surface area contributed by atoms with Gasteiger partial charge < -0.3 is 9.05 Å². The summed E-state index contributed by atoms with van der Waals surface area (Å²) in [7, 11) is -3.14. The molecule has 3 nitrogen and oxygen atoms in total. The molecule has 0 spiro atoms. The van der Waals surface area contributed by atoms with Crippen molar-refractivity contribution in [1.29, 1.82) is 0 Å². The SMILES string of the molecule is CCOP(=O)(OCC)C(C)(C)c1ccccc1. The largest absolute Gasteiger partial charge is 0.340 e. The van der Waals surface area contributed by atoms with E-state index in [0.29, 0.717) is 13.2 Å². The van der Waals surface area contributed by atoms with E-state index in [-0.39, 0.29) is 0 Å². The first-order chi connectivity index (χ1) is 7.98. The van der Waals surface area contributed by atoms with Gasteiger partial charge in [-0.05, 0) is 33.3 Å². The lowest BCUT2D eigenvalue weighted by molar-refractivity contribution is 0.201. The summed E-state index contributed by atoms with van der Waals surface area (Å²) in [5.41, 5.74) is 0.963. The first kappa shape index (κ1) is 14.4. The van der Waals surface area contributed by atoms with Crippen LogP contribution in [-0.4, -0.2) is 13.2 Å². The molecule has 96 valence electrons. The minimum Gasteiger partial charge on any atom is -0.308 e. The number of benzene rings is 1. The van der Waals surface area contributed by atoms with Crippen LogP contribution < -0.4 is 0 Å². The molecule has 1 aromatic carbocycles. The summed E-state index contributed by atoms with van der Waals surface area (Å²) < 4.78 is 23.6. The molecule has 0 aliphatic rings. The average Bonchev–Trinajstić information content (AvgIpc) is 2.30. The molecule has 0 aliphatic carbocycles. The van der Waals surface area contributed by atoms with Crippen LogP contribution in [0.5, 0.6) is 0 Å². The minimum atomic E-state index is -3.14. The van der Waals surface area contributed by atoms with Gasteiger partial charge in [-0.15, -0.1) is 0 Å². The summed E-state index contributed by atoms with van der Waals surface area (Å²) in [5, 5.41) is -0.639. The Hall–Kier alpha value is -0.630. The van der Waals surface area contributed by atoms with E-state index >= 15 is 0 Å². The van der Waals surface area contributed by atoms with E-state index in [1.54, 1.807) is 0 Å². The highest BCUT2D eigenvalue weighted by atomic mass is 31.2.